The first-order valence-corrected chi connectivity index (χ1v) is 12.5. The minimum atomic E-state index is -0.476. The maximum Gasteiger partial charge on any atom is 0.330 e. The highest BCUT2D eigenvalue weighted by Gasteiger charge is 2.10. The van der Waals surface area contributed by atoms with E-state index >= 15 is 0 Å². The summed E-state index contributed by atoms with van der Waals surface area (Å²) in [5.74, 6) is 2.63. The third kappa shape index (κ3) is 8.94. The molecule has 4 rings (SSSR count). The lowest BCUT2D eigenvalue weighted by Crippen LogP contribution is -2.10. The number of nitrogens with one attached hydrogen (secondary N) is 1. The number of anilines is 2. The lowest BCUT2D eigenvalue weighted by atomic mass is 10.1. The summed E-state index contributed by atoms with van der Waals surface area (Å²) in [4.78, 5) is 25.2. The molecule has 0 radical (unpaired) electrons. The monoisotopic (exact) mass is 526 g/mol. The van der Waals surface area contributed by atoms with Gasteiger partial charge in [-0.05, 0) is 47.5 Å². The molecule has 39 heavy (non-hydrogen) atoms. The summed E-state index contributed by atoms with van der Waals surface area (Å²) in [5, 5.41) is 12.2. The Morgan fingerprint density at radius 3 is 1.87 bits per heavy atom. The topological polar surface area (TPSA) is 116 Å². The predicted octanol–water partition coefficient (Wildman–Crippen LogP) is 4.28. The number of carbonyl (C=O) groups excluding carboxylic acids is 1. The second-order valence-electron chi connectivity index (χ2n) is 8.42. The summed E-state index contributed by atoms with van der Waals surface area (Å²) >= 11 is 0. The summed E-state index contributed by atoms with van der Waals surface area (Å²) < 4.78 is 16.0. The van der Waals surface area contributed by atoms with Crippen LogP contribution in [0.5, 0.6) is 11.5 Å². The maximum atomic E-state index is 11.1. The van der Waals surface area contributed by atoms with E-state index in [2.05, 4.69) is 21.9 Å². The van der Waals surface area contributed by atoms with Crippen LogP contribution in [0.2, 0.25) is 0 Å². The Bertz CT molecular complexity index is 1350. The van der Waals surface area contributed by atoms with E-state index < -0.39 is 5.97 Å². The molecule has 0 fully saturated rings. The van der Waals surface area contributed by atoms with Crippen LogP contribution in [-0.4, -0.2) is 52.5 Å². The van der Waals surface area contributed by atoms with Gasteiger partial charge in [0.05, 0.1) is 6.61 Å². The van der Waals surface area contributed by atoms with Crippen molar-refractivity contribution in [2.45, 2.75) is 12.8 Å². The van der Waals surface area contributed by atoms with Crippen molar-refractivity contribution in [2.24, 2.45) is 0 Å². The number of rotatable bonds is 14. The molecule has 1 heterocycles. The number of hydrogen-bond acceptors (Lipinski definition) is 9. The molecule has 9 heteroatoms. The van der Waals surface area contributed by atoms with Crippen molar-refractivity contribution in [3.05, 3.63) is 114 Å². The second-order valence-corrected chi connectivity index (χ2v) is 8.42. The Hall–Kier alpha value is -4.76. The SMILES string of the molecule is C=CC(=O)OCCOc1ccc(Cc2nc(Cc3ccc(OCCO)cc3)nc(Nc3ccccc3)n2)cc1. The molecule has 200 valence electrons. The lowest BCUT2D eigenvalue weighted by Gasteiger charge is -2.11. The molecule has 4 aromatic rings. The van der Waals surface area contributed by atoms with Gasteiger partial charge in [0.15, 0.2) is 0 Å². The highest BCUT2D eigenvalue weighted by Crippen LogP contribution is 2.19. The van der Waals surface area contributed by atoms with E-state index in [0.717, 1.165) is 22.9 Å². The third-order valence-corrected chi connectivity index (χ3v) is 5.45. The molecular weight excluding hydrogens is 496 g/mol. The quantitative estimate of drug-likeness (QED) is 0.141. The van der Waals surface area contributed by atoms with Crippen LogP contribution in [0.1, 0.15) is 22.8 Å². The highest BCUT2D eigenvalue weighted by molar-refractivity contribution is 5.81. The number of carbonyl (C=O) groups is 1. The van der Waals surface area contributed by atoms with Gasteiger partial charge in [-0.2, -0.15) is 9.97 Å². The van der Waals surface area contributed by atoms with Gasteiger partial charge in [0.2, 0.25) is 5.95 Å². The number of para-hydroxylation sites is 1. The van der Waals surface area contributed by atoms with Crippen LogP contribution in [0.3, 0.4) is 0 Å². The predicted molar refractivity (Wildman–Crippen MR) is 147 cm³/mol. The van der Waals surface area contributed by atoms with Gasteiger partial charge in [-0.25, -0.2) is 9.78 Å². The van der Waals surface area contributed by atoms with Crippen molar-refractivity contribution in [3.63, 3.8) is 0 Å². The van der Waals surface area contributed by atoms with E-state index in [0.29, 0.717) is 41.9 Å². The minimum Gasteiger partial charge on any atom is -0.491 e. The molecule has 0 saturated heterocycles. The van der Waals surface area contributed by atoms with Gasteiger partial charge in [0, 0.05) is 24.6 Å². The smallest absolute Gasteiger partial charge is 0.330 e. The van der Waals surface area contributed by atoms with Crippen LogP contribution in [0, 0.1) is 0 Å². The molecule has 0 saturated carbocycles. The summed E-state index contributed by atoms with van der Waals surface area (Å²) in [6.45, 7) is 3.98. The van der Waals surface area contributed by atoms with Crippen LogP contribution < -0.4 is 14.8 Å². The number of hydrogen-bond donors (Lipinski definition) is 2. The first kappa shape index (κ1) is 27.3. The Morgan fingerprint density at radius 2 is 1.33 bits per heavy atom. The first-order valence-electron chi connectivity index (χ1n) is 12.5. The van der Waals surface area contributed by atoms with Gasteiger partial charge >= 0.3 is 5.97 Å². The number of esters is 1. The van der Waals surface area contributed by atoms with E-state index in [4.69, 9.17) is 24.3 Å². The zero-order valence-electron chi connectivity index (χ0n) is 21.5. The van der Waals surface area contributed by atoms with Crippen LogP contribution in [0.25, 0.3) is 0 Å². The lowest BCUT2D eigenvalue weighted by molar-refractivity contribution is -0.138. The first-order chi connectivity index (χ1) is 19.1. The molecule has 0 aliphatic carbocycles. The van der Waals surface area contributed by atoms with Crippen molar-refractivity contribution < 1.29 is 24.1 Å². The van der Waals surface area contributed by atoms with E-state index in [-0.39, 0.29) is 26.4 Å². The molecule has 3 aromatic carbocycles. The van der Waals surface area contributed by atoms with Crippen LogP contribution in [0.4, 0.5) is 11.6 Å². The molecule has 0 aliphatic rings. The van der Waals surface area contributed by atoms with Gasteiger partial charge in [0.25, 0.3) is 0 Å². The standard InChI is InChI=1S/C30H30N4O5/c1-2-29(36)39-19-18-38-26-14-10-23(11-15-26)21-28-32-27(20-22-8-12-25(13-9-22)37-17-16-35)33-30(34-28)31-24-6-4-3-5-7-24/h2-15,35H,1,16-21H2,(H,31,32,33,34). The molecule has 1 aromatic heterocycles. The molecule has 0 amide bonds. The zero-order chi connectivity index (χ0) is 27.3. The fourth-order valence-electron chi connectivity index (χ4n) is 3.63. The molecular formula is C30H30N4O5. The summed E-state index contributed by atoms with van der Waals surface area (Å²) in [6, 6.07) is 25.0. The Balaban J connectivity index is 1.46. The number of aliphatic hydroxyl groups is 1. The van der Waals surface area contributed by atoms with Gasteiger partial charge in [-0.3, -0.25) is 0 Å². The largest absolute Gasteiger partial charge is 0.491 e. The average molecular weight is 527 g/mol. The molecule has 9 nitrogen and oxygen atoms in total. The van der Waals surface area contributed by atoms with Crippen molar-refractivity contribution in [1.29, 1.82) is 0 Å². The summed E-state index contributed by atoms with van der Waals surface area (Å²) in [5.41, 5.74) is 2.91. The molecule has 0 unspecified atom stereocenters. The average Bonchev–Trinajstić information content (AvgIpc) is 2.96. The molecule has 0 bridgehead atoms. The third-order valence-electron chi connectivity index (χ3n) is 5.45. The van der Waals surface area contributed by atoms with E-state index in [9.17, 15) is 4.79 Å². The second kappa shape index (κ2) is 14.3. The maximum absolute atomic E-state index is 11.1. The number of aliphatic hydroxyl groups excluding tert-OH is 1. The highest BCUT2D eigenvalue weighted by atomic mass is 16.6. The van der Waals surface area contributed by atoms with Crippen LogP contribution in [-0.2, 0) is 22.4 Å². The summed E-state index contributed by atoms with van der Waals surface area (Å²) in [6.07, 6.45) is 2.14. The van der Waals surface area contributed by atoms with Crippen LogP contribution >= 0.6 is 0 Å². The minimum absolute atomic E-state index is 0.0322. The van der Waals surface area contributed by atoms with Crippen molar-refractivity contribution in [2.75, 3.05) is 31.7 Å². The summed E-state index contributed by atoms with van der Waals surface area (Å²) in [7, 11) is 0. The van der Waals surface area contributed by atoms with Crippen LogP contribution in [0.15, 0.2) is 91.5 Å². The van der Waals surface area contributed by atoms with Crippen molar-refractivity contribution in [1.82, 2.24) is 15.0 Å². The number of nitrogens with zero attached hydrogens (tertiary/aromatic N) is 3. The van der Waals surface area contributed by atoms with E-state index in [1.807, 2.05) is 78.9 Å². The Kier molecular flexibility index (Phi) is 9.97. The fourth-order valence-corrected chi connectivity index (χ4v) is 3.63. The molecule has 0 spiro atoms. The molecule has 2 N–H and O–H groups in total. The molecule has 0 aliphatic heterocycles. The van der Waals surface area contributed by atoms with Gasteiger partial charge < -0.3 is 24.6 Å². The van der Waals surface area contributed by atoms with Gasteiger partial charge in [0.1, 0.15) is 43.0 Å². The van der Waals surface area contributed by atoms with E-state index in [1.54, 1.807) is 0 Å². The molecule has 0 atom stereocenters. The van der Waals surface area contributed by atoms with Gasteiger partial charge in [-0.15, -0.1) is 0 Å². The normalized spacial score (nSPS) is 10.5. The van der Waals surface area contributed by atoms with E-state index in [1.165, 1.54) is 0 Å². The number of benzene rings is 3. The Morgan fingerprint density at radius 1 is 0.769 bits per heavy atom. The zero-order valence-corrected chi connectivity index (χ0v) is 21.5. The fraction of sp³-hybridized carbons (Fsp3) is 0.200. The Labute approximate surface area is 227 Å². The van der Waals surface area contributed by atoms with Gasteiger partial charge in [-0.1, -0.05) is 49.0 Å². The van der Waals surface area contributed by atoms with Crippen molar-refractivity contribution in [3.8, 4) is 11.5 Å². The van der Waals surface area contributed by atoms with Crippen molar-refractivity contribution >= 4 is 17.6 Å². The number of ether oxygens (including phenoxy) is 3. The number of aromatic nitrogens is 3.